The number of hydrogen-bond donors (Lipinski definition) is 1. The Morgan fingerprint density at radius 3 is 2.80 bits per heavy atom. The summed E-state index contributed by atoms with van der Waals surface area (Å²) in [5, 5.41) is 3.24. The van der Waals surface area contributed by atoms with Crippen molar-refractivity contribution in [3.63, 3.8) is 0 Å². The normalized spacial score (nSPS) is 25.5. The van der Waals surface area contributed by atoms with Crippen LogP contribution in [0, 0.1) is 12.8 Å². The predicted octanol–water partition coefficient (Wildman–Crippen LogP) is 1.62. The SMILES string of the molecule is Cc1cnc(NCC2CCOC2C)nc1. The van der Waals surface area contributed by atoms with E-state index in [1.165, 1.54) is 0 Å². The molecule has 4 heteroatoms. The summed E-state index contributed by atoms with van der Waals surface area (Å²) in [6.45, 7) is 5.87. The highest BCUT2D eigenvalue weighted by Crippen LogP contribution is 2.20. The van der Waals surface area contributed by atoms with Crippen molar-refractivity contribution in [3.05, 3.63) is 18.0 Å². The van der Waals surface area contributed by atoms with Crippen LogP contribution in [0.15, 0.2) is 12.4 Å². The molecule has 1 aliphatic rings. The first-order chi connectivity index (χ1) is 7.25. The van der Waals surface area contributed by atoms with Gasteiger partial charge in [0.05, 0.1) is 6.10 Å². The van der Waals surface area contributed by atoms with Gasteiger partial charge in [0.25, 0.3) is 0 Å². The van der Waals surface area contributed by atoms with Crippen LogP contribution in [0.2, 0.25) is 0 Å². The van der Waals surface area contributed by atoms with Gasteiger partial charge in [-0.3, -0.25) is 0 Å². The molecule has 0 bridgehead atoms. The predicted molar refractivity (Wildman–Crippen MR) is 58.8 cm³/mol. The van der Waals surface area contributed by atoms with Crippen LogP contribution in [-0.2, 0) is 4.74 Å². The van der Waals surface area contributed by atoms with Crippen molar-refractivity contribution in [1.29, 1.82) is 0 Å². The summed E-state index contributed by atoms with van der Waals surface area (Å²) < 4.78 is 5.49. The molecule has 82 valence electrons. The summed E-state index contributed by atoms with van der Waals surface area (Å²) in [5.74, 6) is 1.29. The van der Waals surface area contributed by atoms with Crippen LogP contribution in [-0.4, -0.2) is 29.2 Å². The summed E-state index contributed by atoms with van der Waals surface area (Å²) >= 11 is 0. The number of anilines is 1. The molecule has 2 atom stereocenters. The molecule has 1 saturated heterocycles. The summed E-state index contributed by atoms with van der Waals surface area (Å²) in [6.07, 6.45) is 5.12. The number of nitrogens with one attached hydrogen (secondary N) is 1. The van der Waals surface area contributed by atoms with E-state index in [-0.39, 0.29) is 0 Å². The zero-order chi connectivity index (χ0) is 10.7. The number of nitrogens with zero attached hydrogens (tertiary/aromatic N) is 2. The minimum atomic E-state index is 0.350. The molecule has 2 heterocycles. The molecule has 0 aliphatic carbocycles. The van der Waals surface area contributed by atoms with E-state index in [1.807, 2.05) is 19.3 Å². The van der Waals surface area contributed by atoms with Crippen LogP contribution < -0.4 is 5.32 Å². The van der Waals surface area contributed by atoms with E-state index >= 15 is 0 Å². The Morgan fingerprint density at radius 1 is 1.47 bits per heavy atom. The van der Waals surface area contributed by atoms with Gasteiger partial charge in [-0.05, 0) is 25.8 Å². The van der Waals surface area contributed by atoms with Gasteiger partial charge in [0.15, 0.2) is 0 Å². The summed E-state index contributed by atoms with van der Waals surface area (Å²) in [4.78, 5) is 8.40. The molecule has 0 radical (unpaired) electrons. The third kappa shape index (κ3) is 2.65. The maximum atomic E-state index is 5.49. The second kappa shape index (κ2) is 4.57. The van der Waals surface area contributed by atoms with Crippen molar-refractivity contribution in [3.8, 4) is 0 Å². The lowest BCUT2D eigenvalue weighted by Crippen LogP contribution is -2.21. The largest absolute Gasteiger partial charge is 0.378 e. The fourth-order valence-electron chi connectivity index (χ4n) is 1.75. The lowest BCUT2D eigenvalue weighted by Gasteiger charge is -2.14. The van der Waals surface area contributed by atoms with Crippen molar-refractivity contribution in [2.75, 3.05) is 18.5 Å². The highest BCUT2D eigenvalue weighted by Gasteiger charge is 2.23. The molecule has 1 aromatic heterocycles. The smallest absolute Gasteiger partial charge is 0.222 e. The van der Waals surface area contributed by atoms with Gasteiger partial charge in [-0.25, -0.2) is 9.97 Å². The molecule has 0 amide bonds. The molecular formula is C11H17N3O. The maximum absolute atomic E-state index is 5.49. The molecule has 0 spiro atoms. The van der Waals surface area contributed by atoms with Gasteiger partial charge in [0, 0.05) is 31.5 Å². The first-order valence-corrected chi connectivity index (χ1v) is 5.40. The maximum Gasteiger partial charge on any atom is 0.222 e. The van der Waals surface area contributed by atoms with Gasteiger partial charge in [0.2, 0.25) is 5.95 Å². The fourth-order valence-corrected chi connectivity index (χ4v) is 1.75. The molecule has 1 N–H and O–H groups in total. The van der Waals surface area contributed by atoms with Gasteiger partial charge < -0.3 is 10.1 Å². The Bertz CT molecular complexity index is 312. The van der Waals surface area contributed by atoms with E-state index in [0.29, 0.717) is 18.0 Å². The first-order valence-electron chi connectivity index (χ1n) is 5.40. The molecule has 1 fully saturated rings. The fraction of sp³-hybridized carbons (Fsp3) is 0.636. The van der Waals surface area contributed by atoms with Crippen molar-refractivity contribution < 1.29 is 4.74 Å². The Hall–Kier alpha value is -1.16. The summed E-state index contributed by atoms with van der Waals surface area (Å²) in [5.41, 5.74) is 1.08. The molecule has 0 saturated carbocycles. The molecule has 1 aromatic rings. The van der Waals surface area contributed by atoms with Crippen molar-refractivity contribution in [2.45, 2.75) is 26.4 Å². The van der Waals surface area contributed by atoms with Crippen LogP contribution in [0.4, 0.5) is 5.95 Å². The number of aryl methyl sites for hydroxylation is 1. The lowest BCUT2D eigenvalue weighted by atomic mass is 10.0. The molecule has 0 aromatic carbocycles. The van der Waals surface area contributed by atoms with Crippen LogP contribution in [0.25, 0.3) is 0 Å². The minimum Gasteiger partial charge on any atom is -0.378 e. The third-order valence-corrected chi connectivity index (χ3v) is 2.84. The van der Waals surface area contributed by atoms with E-state index < -0.39 is 0 Å². The van der Waals surface area contributed by atoms with E-state index in [4.69, 9.17) is 4.74 Å². The molecule has 2 unspecified atom stereocenters. The van der Waals surface area contributed by atoms with Crippen molar-refractivity contribution >= 4 is 5.95 Å². The summed E-state index contributed by atoms with van der Waals surface area (Å²) in [6, 6.07) is 0. The molecule has 2 rings (SSSR count). The topological polar surface area (TPSA) is 47.0 Å². The van der Waals surface area contributed by atoms with Gasteiger partial charge in [-0.15, -0.1) is 0 Å². The second-order valence-corrected chi connectivity index (χ2v) is 4.09. The second-order valence-electron chi connectivity index (χ2n) is 4.09. The van der Waals surface area contributed by atoms with E-state index in [1.54, 1.807) is 0 Å². The van der Waals surface area contributed by atoms with Gasteiger partial charge in [0.1, 0.15) is 0 Å². The van der Waals surface area contributed by atoms with E-state index in [2.05, 4.69) is 22.2 Å². The van der Waals surface area contributed by atoms with E-state index in [9.17, 15) is 0 Å². The molecule has 1 aliphatic heterocycles. The first kappa shape index (κ1) is 10.4. The Kier molecular flexibility index (Phi) is 3.16. The lowest BCUT2D eigenvalue weighted by molar-refractivity contribution is 0.108. The number of ether oxygens (including phenoxy) is 1. The quantitative estimate of drug-likeness (QED) is 0.818. The third-order valence-electron chi connectivity index (χ3n) is 2.84. The standard InChI is InChI=1S/C11H17N3O/c1-8-5-12-11(13-6-8)14-7-10-3-4-15-9(10)2/h5-6,9-10H,3-4,7H2,1-2H3,(H,12,13,14). The zero-order valence-corrected chi connectivity index (χ0v) is 9.23. The number of aromatic nitrogens is 2. The molecule has 4 nitrogen and oxygen atoms in total. The van der Waals surface area contributed by atoms with Crippen LogP contribution >= 0.6 is 0 Å². The highest BCUT2D eigenvalue weighted by atomic mass is 16.5. The van der Waals surface area contributed by atoms with Crippen LogP contribution in [0.1, 0.15) is 18.9 Å². The average Bonchev–Trinajstić information content (AvgIpc) is 2.63. The average molecular weight is 207 g/mol. The van der Waals surface area contributed by atoms with Gasteiger partial charge >= 0.3 is 0 Å². The Morgan fingerprint density at radius 2 is 2.20 bits per heavy atom. The van der Waals surface area contributed by atoms with Gasteiger partial charge in [-0.1, -0.05) is 0 Å². The summed E-state index contributed by atoms with van der Waals surface area (Å²) in [7, 11) is 0. The van der Waals surface area contributed by atoms with Crippen LogP contribution in [0.3, 0.4) is 0 Å². The zero-order valence-electron chi connectivity index (χ0n) is 9.23. The molecular weight excluding hydrogens is 190 g/mol. The van der Waals surface area contributed by atoms with Gasteiger partial charge in [-0.2, -0.15) is 0 Å². The van der Waals surface area contributed by atoms with E-state index in [0.717, 1.165) is 25.1 Å². The number of hydrogen-bond acceptors (Lipinski definition) is 4. The molecule has 15 heavy (non-hydrogen) atoms. The monoisotopic (exact) mass is 207 g/mol. The highest BCUT2D eigenvalue weighted by molar-refractivity contribution is 5.24. The Labute approximate surface area is 90.1 Å². The van der Waals surface area contributed by atoms with Crippen molar-refractivity contribution in [2.24, 2.45) is 5.92 Å². The van der Waals surface area contributed by atoms with Crippen molar-refractivity contribution in [1.82, 2.24) is 9.97 Å². The Balaban J connectivity index is 1.85. The number of rotatable bonds is 3. The minimum absolute atomic E-state index is 0.350. The van der Waals surface area contributed by atoms with Crippen LogP contribution in [0.5, 0.6) is 0 Å².